The van der Waals surface area contributed by atoms with Gasteiger partial charge in [0.2, 0.25) is 0 Å². The summed E-state index contributed by atoms with van der Waals surface area (Å²) in [5, 5.41) is 40.7. The van der Waals surface area contributed by atoms with E-state index in [1.165, 1.54) is 0 Å². The first kappa shape index (κ1) is 30.0. The summed E-state index contributed by atoms with van der Waals surface area (Å²) in [4.78, 5) is 49.6. The summed E-state index contributed by atoms with van der Waals surface area (Å²) in [6, 6.07) is 0. The lowest BCUT2D eigenvalue weighted by molar-refractivity contribution is -0.140. The molecule has 163 valence electrons. The third kappa shape index (κ3) is 34.6. The van der Waals surface area contributed by atoms with E-state index in [9.17, 15) is 24.0 Å². The molecule has 0 aliphatic rings. The van der Waals surface area contributed by atoms with Gasteiger partial charge in [-0.1, -0.05) is 6.92 Å². The average Bonchev–Trinajstić information content (AvgIpc) is 2.49. The van der Waals surface area contributed by atoms with Gasteiger partial charge in [-0.15, -0.1) is 0 Å². The molecule has 0 aromatic carbocycles. The van der Waals surface area contributed by atoms with Gasteiger partial charge in [0, 0.05) is 25.7 Å². The van der Waals surface area contributed by atoms with Crippen molar-refractivity contribution in [3.63, 3.8) is 0 Å². The number of carboxylic acid groups (broad SMARTS) is 5. The first-order chi connectivity index (χ1) is 12.7. The van der Waals surface area contributed by atoms with Crippen LogP contribution in [0.4, 0.5) is 0 Å². The summed E-state index contributed by atoms with van der Waals surface area (Å²) < 4.78 is 0. The summed E-state index contributed by atoms with van der Waals surface area (Å²) in [5.41, 5.74) is 9.17. The zero-order valence-electron chi connectivity index (χ0n) is 15.5. The van der Waals surface area contributed by atoms with Crippen molar-refractivity contribution in [3.8, 4) is 0 Å². The second-order valence-corrected chi connectivity index (χ2v) is 5.69. The molecule has 0 bridgehead atoms. The number of nitrogens with two attached hydrogens (primary N) is 2. The van der Waals surface area contributed by atoms with Crippen molar-refractivity contribution >= 4 is 29.8 Å². The molecule has 0 rings (SSSR count). The average molecular weight is 409 g/mol. The highest BCUT2D eigenvalue weighted by atomic mass is 16.4. The Morgan fingerprint density at radius 1 is 0.643 bits per heavy atom. The number of carbonyl (C=O) groups is 5. The highest BCUT2D eigenvalue weighted by Gasteiger charge is 2.23. The molecule has 0 saturated heterocycles. The Morgan fingerprint density at radius 2 is 1.00 bits per heavy atom. The van der Waals surface area contributed by atoms with Crippen LogP contribution in [0.15, 0.2) is 0 Å². The largest absolute Gasteiger partial charge is 0.481 e. The Bertz CT molecular complexity index is 490. The minimum absolute atomic E-state index is 0.0470. The molecule has 0 aromatic rings. The molecule has 0 amide bonds. The number of unbranched alkanes of at least 4 members (excludes halogenated alkanes) is 1. The molecular weight excluding hydrogens is 380 g/mol. The van der Waals surface area contributed by atoms with Gasteiger partial charge in [-0.3, -0.25) is 24.0 Å². The number of aliphatic carboxylic acids is 5. The SMILES string of the molecule is NC(N)(CCC(=O)O)CC(=O)O.O=C(O)CCCCC(=O)O.[CH2]CCC(=O)O. The molecule has 0 spiro atoms. The van der Waals surface area contributed by atoms with Crippen LogP contribution in [0.25, 0.3) is 0 Å². The van der Waals surface area contributed by atoms with E-state index in [1.807, 2.05) is 0 Å². The lowest BCUT2D eigenvalue weighted by Crippen LogP contribution is -2.51. The van der Waals surface area contributed by atoms with Gasteiger partial charge in [0.05, 0.1) is 12.1 Å². The second kappa shape index (κ2) is 17.7. The summed E-state index contributed by atoms with van der Waals surface area (Å²) in [7, 11) is 0. The van der Waals surface area contributed by atoms with Crippen LogP contribution >= 0.6 is 0 Å². The molecular formula is C16H29N2O10. The van der Waals surface area contributed by atoms with Gasteiger partial charge < -0.3 is 37.0 Å². The lowest BCUT2D eigenvalue weighted by Gasteiger charge is -2.20. The van der Waals surface area contributed by atoms with Crippen molar-refractivity contribution in [1.82, 2.24) is 0 Å². The predicted molar refractivity (Wildman–Crippen MR) is 96.2 cm³/mol. The Balaban J connectivity index is -0.000000354. The molecule has 0 heterocycles. The molecule has 0 aromatic heterocycles. The van der Waals surface area contributed by atoms with Crippen molar-refractivity contribution < 1.29 is 49.5 Å². The number of hydrogen-bond acceptors (Lipinski definition) is 7. The van der Waals surface area contributed by atoms with Crippen LogP contribution in [0.1, 0.15) is 57.8 Å². The Labute approximate surface area is 162 Å². The van der Waals surface area contributed by atoms with E-state index in [4.69, 9.17) is 37.0 Å². The summed E-state index contributed by atoms with van der Waals surface area (Å²) >= 11 is 0. The molecule has 0 unspecified atom stereocenters. The maximum atomic E-state index is 10.2. The molecule has 9 N–H and O–H groups in total. The van der Waals surface area contributed by atoms with E-state index in [0.717, 1.165) is 0 Å². The lowest BCUT2D eigenvalue weighted by atomic mass is 10.0. The van der Waals surface area contributed by atoms with Crippen LogP contribution in [0.2, 0.25) is 0 Å². The maximum absolute atomic E-state index is 10.2. The predicted octanol–water partition coefficient (Wildman–Crippen LogP) is 0.341. The second-order valence-electron chi connectivity index (χ2n) is 5.69. The Morgan fingerprint density at radius 3 is 1.21 bits per heavy atom. The van der Waals surface area contributed by atoms with Crippen molar-refractivity contribution in [1.29, 1.82) is 0 Å². The monoisotopic (exact) mass is 409 g/mol. The first-order valence-electron chi connectivity index (χ1n) is 8.19. The third-order valence-corrected chi connectivity index (χ3v) is 2.71. The molecule has 0 atom stereocenters. The minimum Gasteiger partial charge on any atom is -0.481 e. The van der Waals surface area contributed by atoms with E-state index in [2.05, 4.69) is 6.92 Å². The smallest absolute Gasteiger partial charge is 0.306 e. The number of hydrogen-bond donors (Lipinski definition) is 7. The quantitative estimate of drug-likeness (QED) is 0.170. The van der Waals surface area contributed by atoms with E-state index in [-0.39, 0.29) is 32.1 Å². The Kier molecular flexibility index (Phi) is 18.9. The van der Waals surface area contributed by atoms with Crippen molar-refractivity contribution in [2.45, 2.75) is 63.5 Å². The summed E-state index contributed by atoms with van der Waals surface area (Å²) in [6.45, 7) is 3.34. The zero-order valence-corrected chi connectivity index (χ0v) is 15.5. The molecule has 1 radical (unpaired) electrons. The fraction of sp³-hybridized carbons (Fsp3) is 0.625. The molecule has 0 fully saturated rings. The van der Waals surface area contributed by atoms with Crippen LogP contribution in [0.5, 0.6) is 0 Å². The van der Waals surface area contributed by atoms with Gasteiger partial charge in [0.1, 0.15) is 0 Å². The topological polar surface area (TPSA) is 239 Å². The third-order valence-electron chi connectivity index (χ3n) is 2.71. The van der Waals surface area contributed by atoms with Gasteiger partial charge in [-0.05, 0) is 25.7 Å². The standard InChI is InChI=1S/C6H12N2O4.C6H10O4.C4H7O2/c7-6(8,3-5(11)12)2-1-4(9)10;7-5(8)3-1-2-4-6(9)10;1-2-3-4(5)6/h1-3,7-8H2,(H,9,10)(H,11,12);1-4H2,(H,7,8)(H,9,10);1-3H2,(H,5,6). The van der Waals surface area contributed by atoms with E-state index < -0.39 is 41.9 Å². The van der Waals surface area contributed by atoms with Crippen molar-refractivity contribution in [2.24, 2.45) is 11.5 Å². The molecule has 12 heteroatoms. The maximum Gasteiger partial charge on any atom is 0.306 e. The summed E-state index contributed by atoms with van der Waals surface area (Å²) in [5.74, 6) is -4.69. The van der Waals surface area contributed by atoms with Gasteiger partial charge in [0.15, 0.2) is 0 Å². The number of carboxylic acids is 5. The van der Waals surface area contributed by atoms with Crippen molar-refractivity contribution in [3.05, 3.63) is 6.92 Å². The first-order valence-corrected chi connectivity index (χ1v) is 8.19. The van der Waals surface area contributed by atoms with Crippen molar-refractivity contribution in [2.75, 3.05) is 0 Å². The molecule has 0 saturated carbocycles. The number of rotatable bonds is 12. The summed E-state index contributed by atoms with van der Waals surface area (Å²) in [6.07, 6.45) is 0.981. The molecule has 12 nitrogen and oxygen atoms in total. The molecule has 0 aliphatic carbocycles. The van der Waals surface area contributed by atoms with Gasteiger partial charge in [-0.25, -0.2) is 0 Å². The van der Waals surface area contributed by atoms with Gasteiger partial charge in [-0.2, -0.15) is 0 Å². The Hall–Kier alpha value is -2.73. The van der Waals surface area contributed by atoms with Crippen LogP contribution in [0, 0.1) is 6.92 Å². The normalized spacial score (nSPS) is 9.82. The van der Waals surface area contributed by atoms with E-state index >= 15 is 0 Å². The minimum atomic E-state index is -1.43. The van der Waals surface area contributed by atoms with E-state index in [1.54, 1.807) is 0 Å². The van der Waals surface area contributed by atoms with E-state index in [0.29, 0.717) is 19.3 Å². The van der Waals surface area contributed by atoms with Crippen LogP contribution < -0.4 is 11.5 Å². The van der Waals surface area contributed by atoms with Crippen LogP contribution in [-0.2, 0) is 24.0 Å². The fourth-order valence-electron chi connectivity index (χ4n) is 1.41. The molecule has 0 aliphatic heterocycles. The highest BCUT2D eigenvalue weighted by molar-refractivity contribution is 5.69. The van der Waals surface area contributed by atoms with Gasteiger partial charge in [0.25, 0.3) is 0 Å². The fourth-order valence-corrected chi connectivity index (χ4v) is 1.41. The van der Waals surface area contributed by atoms with Crippen LogP contribution in [0.3, 0.4) is 0 Å². The van der Waals surface area contributed by atoms with Crippen LogP contribution in [-0.4, -0.2) is 61.0 Å². The van der Waals surface area contributed by atoms with Gasteiger partial charge >= 0.3 is 29.8 Å². The molecule has 28 heavy (non-hydrogen) atoms. The highest BCUT2D eigenvalue weighted by Crippen LogP contribution is 2.07. The zero-order chi connectivity index (χ0) is 22.8.